The molecule has 1 unspecified atom stereocenters. The van der Waals surface area contributed by atoms with Crippen molar-refractivity contribution in [2.75, 3.05) is 0 Å². The maximum Gasteiger partial charge on any atom is 0.192 e. The minimum absolute atomic E-state index is 0.0268. The van der Waals surface area contributed by atoms with Crippen molar-refractivity contribution < 1.29 is 4.43 Å². The molecule has 0 saturated heterocycles. The minimum Gasteiger partial charge on any atom is -0.409 e. The molecule has 1 heterocycles. The molecule has 2 nitrogen and oxygen atoms in total. The van der Waals surface area contributed by atoms with Crippen LogP contribution in [0.5, 0.6) is 0 Å². The number of pyridine rings is 1. The van der Waals surface area contributed by atoms with E-state index in [4.69, 9.17) is 9.41 Å². The summed E-state index contributed by atoms with van der Waals surface area (Å²) in [5, 5.41) is 1.36. The molecule has 0 spiro atoms. The number of rotatable bonds is 3. The van der Waals surface area contributed by atoms with Crippen LogP contribution >= 0.6 is 15.9 Å². The van der Waals surface area contributed by atoms with Crippen LogP contribution in [-0.4, -0.2) is 13.3 Å². The van der Waals surface area contributed by atoms with Crippen molar-refractivity contribution in [2.45, 2.75) is 51.9 Å². The molecule has 1 aromatic heterocycles. The van der Waals surface area contributed by atoms with Crippen LogP contribution in [0.25, 0.3) is 10.9 Å². The van der Waals surface area contributed by atoms with Gasteiger partial charge in [0.25, 0.3) is 0 Å². The number of nitrogens with zero attached hydrogens (tertiary/aromatic N) is 1. The summed E-state index contributed by atoms with van der Waals surface area (Å²) >= 11 is 3.49. The highest BCUT2D eigenvalue weighted by Gasteiger charge is 2.38. The summed E-state index contributed by atoms with van der Waals surface area (Å²) in [4.78, 5) is 4.76. The van der Waals surface area contributed by atoms with E-state index in [0.29, 0.717) is 0 Å². The number of benzene rings is 1. The van der Waals surface area contributed by atoms with Crippen LogP contribution in [0, 0.1) is 0 Å². The molecule has 114 valence electrons. The van der Waals surface area contributed by atoms with Gasteiger partial charge in [0.2, 0.25) is 0 Å². The van der Waals surface area contributed by atoms with Crippen LogP contribution in [0.15, 0.2) is 34.8 Å². The molecular formula is C17H24BrNOSi. The fraction of sp³-hybridized carbons (Fsp3) is 0.471. The zero-order valence-electron chi connectivity index (χ0n) is 13.7. The fourth-order valence-electron chi connectivity index (χ4n) is 2.02. The Labute approximate surface area is 137 Å². The largest absolute Gasteiger partial charge is 0.409 e. The van der Waals surface area contributed by atoms with E-state index >= 15 is 0 Å². The van der Waals surface area contributed by atoms with Gasteiger partial charge in [0.05, 0.1) is 17.3 Å². The van der Waals surface area contributed by atoms with Gasteiger partial charge in [0.1, 0.15) is 0 Å². The highest BCUT2D eigenvalue weighted by molar-refractivity contribution is 9.10. The first-order valence-electron chi connectivity index (χ1n) is 7.34. The van der Waals surface area contributed by atoms with Gasteiger partial charge in [-0.15, -0.1) is 0 Å². The van der Waals surface area contributed by atoms with E-state index in [9.17, 15) is 0 Å². The summed E-state index contributed by atoms with van der Waals surface area (Å²) < 4.78 is 7.51. The summed E-state index contributed by atoms with van der Waals surface area (Å²) in [6.07, 6.45) is 0.0268. The van der Waals surface area contributed by atoms with Crippen molar-refractivity contribution in [1.29, 1.82) is 0 Å². The lowest BCUT2D eigenvalue weighted by atomic mass is 10.2. The standard InChI is InChI=1S/C17H24BrNOSi/c1-12(20-21(5,6)17(2,3)4)15-9-7-13-11-14(18)8-10-16(13)19-15/h7-12H,1-6H3. The van der Waals surface area contributed by atoms with Gasteiger partial charge in [0, 0.05) is 9.86 Å². The highest BCUT2D eigenvalue weighted by atomic mass is 79.9. The van der Waals surface area contributed by atoms with Crippen molar-refractivity contribution in [1.82, 2.24) is 4.98 Å². The van der Waals surface area contributed by atoms with Gasteiger partial charge in [0.15, 0.2) is 8.32 Å². The summed E-state index contributed by atoms with van der Waals surface area (Å²) in [5.74, 6) is 0. The minimum atomic E-state index is -1.77. The van der Waals surface area contributed by atoms with Crippen molar-refractivity contribution in [3.63, 3.8) is 0 Å². The lowest BCUT2D eigenvalue weighted by molar-refractivity contribution is 0.199. The molecule has 0 bridgehead atoms. The van der Waals surface area contributed by atoms with E-state index in [1.165, 1.54) is 0 Å². The van der Waals surface area contributed by atoms with Crippen molar-refractivity contribution >= 4 is 35.2 Å². The van der Waals surface area contributed by atoms with Gasteiger partial charge in [-0.25, -0.2) is 0 Å². The second-order valence-electron chi connectivity index (χ2n) is 7.09. The average molecular weight is 366 g/mol. The Hall–Kier alpha value is -0.713. The van der Waals surface area contributed by atoms with E-state index < -0.39 is 8.32 Å². The van der Waals surface area contributed by atoms with Crippen LogP contribution in [0.1, 0.15) is 39.5 Å². The molecule has 1 atom stereocenters. The molecule has 0 N–H and O–H groups in total. The van der Waals surface area contributed by atoms with Crippen molar-refractivity contribution in [2.24, 2.45) is 0 Å². The molecular weight excluding hydrogens is 342 g/mol. The molecule has 0 aliphatic rings. The van der Waals surface area contributed by atoms with Gasteiger partial charge >= 0.3 is 0 Å². The predicted molar refractivity (Wildman–Crippen MR) is 96.1 cm³/mol. The summed E-state index contributed by atoms with van der Waals surface area (Å²) in [6.45, 7) is 13.4. The van der Waals surface area contributed by atoms with Gasteiger partial charge < -0.3 is 4.43 Å². The second-order valence-corrected chi connectivity index (χ2v) is 12.8. The molecule has 0 saturated carbocycles. The predicted octanol–water partition coefficient (Wildman–Crippen LogP) is 6.08. The molecule has 0 aliphatic carbocycles. The third-order valence-electron chi connectivity index (χ3n) is 4.37. The van der Waals surface area contributed by atoms with Crippen molar-refractivity contribution in [3.8, 4) is 0 Å². The zero-order valence-corrected chi connectivity index (χ0v) is 16.3. The fourth-order valence-corrected chi connectivity index (χ4v) is 3.75. The number of halogens is 1. The molecule has 0 fully saturated rings. The maximum atomic E-state index is 6.43. The molecule has 2 aromatic rings. The van der Waals surface area contributed by atoms with E-state index in [0.717, 1.165) is 21.1 Å². The Bertz CT molecular complexity index is 649. The maximum absolute atomic E-state index is 6.43. The first kappa shape index (κ1) is 16.7. The normalized spacial score (nSPS) is 14.4. The molecule has 0 amide bonds. The molecule has 1 aromatic carbocycles. The Kier molecular flexibility index (Phi) is 4.62. The monoisotopic (exact) mass is 365 g/mol. The Morgan fingerprint density at radius 1 is 1.14 bits per heavy atom. The van der Waals surface area contributed by atoms with Gasteiger partial charge in [-0.2, -0.15) is 0 Å². The third kappa shape index (κ3) is 3.73. The molecule has 4 heteroatoms. The first-order chi connectivity index (χ1) is 9.60. The average Bonchev–Trinajstić information content (AvgIpc) is 2.36. The SMILES string of the molecule is CC(O[Si](C)(C)C(C)(C)C)c1ccc2cc(Br)ccc2n1. The van der Waals surface area contributed by atoms with Crippen LogP contribution in [-0.2, 0) is 4.43 Å². The lowest BCUT2D eigenvalue weighted by Gasteiger charge is -2.38. The van der Waals surface area contributed by atoms with E-state index in [2.05, 4.69) is 74.9 Å². The Morgan fingerprint density at radius 3 is 2.43 bits per heavy atom. The van der Waals surface area contributed by atoms with Gasteiger partial charge in [-0.3, -0.25) is 4.98 Å². The molecule has 0 aliphatic heterocycles. The first-order valence-corrected chi connectivity index (χ1v) is 11.0. The summed E-state index contributed by atoms with van der Waals surface area (Å²) in [7, 11) is -1.77. The number of hydrogen-bond acceptors (Lipinski definition) is 2. The highest BCUT2D eigenvalue weighted by Crippen LogP contribution is 2.39. The van der Waals surface area contributed by atoms with Crippen LogP contribution in [0.2, 0.25) is 18.1 Å². The van der Waals surface area contributed by atoms with Crippen LogP contribution in [0.4, 0.5) is 0 Å². The summed E-state index contributed by atoms with van der Waals surface area (Å²) in [5.41, 5.74) is 2.02. The molecule has 21 heavy (non-hydrogen) atoms. The lowest BCUT2D eigenvalue weighted by Crippen LogP contribution is -2.41. The van der Waals surface area contributed by atoms with Crippen molar-refractivity contribution in [3.05, 3.63) is 40.5 Å². The van der Waals surface area contributed by atoms with Gasteiger partial charge in [-0.05, 0) is 49.3 Å². The molecule has 2 rings (SSSR count). The van der Waals surface area contributed by atoms with E-state index in [1.54, 1.807) is 0 Å². The zero-order chi connectivity index (χ0) is 15.8. The van der Waals surface area contributed by atoms with E-state index in [1.807, 2.05) is 12.1 Å². The van der Waals surface area contributed by atoms with Crippen LogP contribution in [0.3, 0.4) is 0 Å². The Balaban J connectivity index is 2.28. The number of hydrogen-bond donors (Lipinski definition) is 0. The van der Waals surface area contributed by atoms with E-state index in [-0.39, 0.29) is 11.1 Å². The number of fused-ring (bicyclic) bond motifs is 1. The quantitative estimate of drug-likeness (QED) is 0.614. The number of aromatic nitrogens is 1. The topological polar surface area (TPSA) is 22.1 Å². The third-order valence-corrected chi connectivity index (χ3v) is 9.42. The van der Waals surface area contributed by atoms with Crippen LogP contribution < -0.4 is 0 Å². The molecule has 0 radical (unpaired) electrons. The second kappa shape index (κ2) is 5.82. The summed E-state index contributed by atoms with van der Waals surface area (Å²) in [6, 6.07) is 10.4. The smallest absolute Gasteiger partial charge is 0.192 e. The van der Waals surface area contributed by atoms with Gasteiger partial charge in [-0.1, -0.05) is 42.8 Å². The Morgan fingerprint density at radius 2 is 1.81 bits per heavy atom.